The van der Waals surface area contributed by atoms with Crippen molar-refractivity contribution in [1.82, 2.24) is 14.8 Å². The first kappa shape index (κ1) is 10.1. The Bertz CT molecular complexity index is 633. The number of fused-ring (bicyclic) bond motifs is 1. The minimum atomic E-state index is 0.430. The summed E-state index contributed by atoms with van der Waals surface area (Å²) in [4.78, 5) is 0. The molecule has 0 saturated carbocycles. The van der Waals surface area contributed by atoms with Crippen LogP contribution in [0, 0.1) is 0 Å². The summed E-state index contributed by atoms with van der Waals surface area (Å²) in [5.74, 6) is 0. The molecule has 0 spiro atoms. The molecule has 1 aromatic carbocycles. The Kier molecular flexibility index (Phi) is 2.25. The number of nitrogens with zero attached hydrogens (tertiary/aromatic N) is 2. The van der Waals surface area contributed by atoms with Crippen molar-refractivity contribution in [2.75, 3.05) is 0 Å². The van der Waals surface area contributed by atoms with Gasteiger partial charge in [0.2, 0.25) is 0 Å². The van der Waals surface area contributed by atoms with Crippen LogP contribution in [0.1, 0.15) is 19.9 Å². The minimum Gasteiger partial charge on any atom is -0.338 e. The highest BCUT2D eigenvalue weighted by atomic mass is 15.1. The van der Waals surface area contributed by atoms with Crippen LogP contribution in [0.15, 0.2) is 42.7 Å². The van der Waals surface area contributed by atoms with Crippen LogP contribution in [-0.4, -0.2) is 14.8 Å². The van der Waals surface area contributed by atoms with Crippen LogP contribution in [-0.2, 0) is 0 Å². The summed E-state index contributed by atoms with van der Waals surface area (Å²) in [5.41, 5.74) is 3.63. The van der Waals surface area contributed by atoms with Crippen LogP contribution in [0.2, 0.25) is 0 Å². The molecular formula is C14H15N3. The van der Waals surface area contributed by atoms with Crippen LogP contribution >= 0.6 is 0 Å². The first-order valence-electron chi connectivity index (χ1n) is 5.86. The summed E-state index contributed by atoms with van der Waals surface area (Å²) in [7, 11) is 0. The second kappa shape index (κ2) is 3.77. The van der Waals surface area contributed by atoms with Gasteiger partial charge in [0, 0.05) is 28.7 Å². The van der Waals surface area contributed by atoms with Gasteiger partial charge in [-0.3, -0.25) is 5.10 Å². The number of nitrogens with one attached hydrogen (secondary N) is 1. The lowest BCUT2D eigenvalue weighted by molar-refractivity contribution is 0.629. The maximum absolute atomic E-state index is 4.03. The van der Waals surface area contributed by atoms with E-state index in [1.54, 1.807) is 0 Å². The van der Waals surface area contributed by atoms with E-state index in [0.717, 1.165) is 5.56 Å². The zero-order valence-electron chi connectivity index (χ0n) is 10.0. The highest BCUT2D eigenvalue weighted by molar-refractivity contribution is 5.87. The molecular weight excluding hydrogens is 210 g/mol. The molecule has 0 aliphatic carbocycles. The fourth-order valence-corrected chi connectivity index (χ4v) is 2.35. The van der Waals surface area contributed by atoms with Crippen molar-refractivity contribution in [2.45, 2.75) is 19.9 Å². The van der Waals surface area contributed by atoms with Crippen LogP contribution in [0.25, 0.3) is 22.2 Å². The van der Waals surface area contributed by atoms with E-state index in [1.807, 2.05) is 12.4 Å². The Morgan fingerprint density at radius 1 is 1.24 bits per heavy atom. The molecule has 0 radical (unpaired) electrons. The molecule has 17 heavy (non-hydrogen) atoms. The van der Waals surface area contributed by atoms with E-state index < -0.39 is 0 Å². The lowest BCUT2D eigenvalue weighted by Gasteiger charge is -2.13. The van der Waals surface area contributed by atoms with E-state index in [4.69, 9.17) is 0 Å². The minimum absolute atomic E-state index is 0.430. The lowest BCUT2D eigenvalue weighted by atomic mass is 10.2. The van der Waals surface area contributed by atoms with Crippen LogP contribution in [0.3, 0.4) is 0 Å². The van der Waals surface area contributed by atoms with Crippen molar-refractivity contribution >= 4 is 10.9 Å². The number of para-hydroxylation sites is 1. The number of hydrogen-bond donors (Lipinski definition) is 1. The third-order valence-corrected chi connectivity index (χ3v) is 3.06. The fraction of sp³-hybridized carbons (Fsp3) is 0.214. The lowest BCUT2D eigenvalue weighted by Crippen LogP contribution is -2.01. The fourth-order valence-electron chi connectivity index (χ4n) is 2.35. The molecule has 2 aromatic heterocycles. The van der Waals surface area contributed by atoms with Crippen LogP contribution in [0.5, 0.6) is 0 Å². The Labute approximate surface area is 100 Å². The van der Waals surface area contributed by atoms with Gasteiger partial charge < -0.3 is 4.57 Å². The highest BCUT2D eigenvalue weighted by Gasteiger charge is 2.12. The Hall–Kier alpha value is -2.03. The second-order valence-corrected chi connectivity index (χ2v) is 4.54. The summed E-state index contributed by atoms with van der Waals surface area (Å²) >= 11 is 0. The number of benzene rings is 1. The summed E-state index contributed by atoms with van der Waals surface area (Å²) in [6, 6.07) is 11.1. The van der Waals surface area contributed by atoms with Crippen molar-refractivity contribution in [2.24, 2.45) is 0 Å². The molecule has 0 atom stereocenters. The predicted molar refractivity (Wildman–Crippen MR) is 69.9 cm³/mol. The first-order valence-corrected chi connectivity index (χ1v) is 5.86. The van der Waals surface area contributed by atoms with Gasteiger partial charge >= 0.3 is 0 Å². The van der Waals surface area contributed by atoms with Crippen molar-refractivity contribution in [1.29, 1.82) is 0 Å². The van der Waals surface area contributed by atoms with Crippen LogP contribution < -0.4 is 0 Å². The SMILES string of the molecule is CC(C)n1c(-c2cn[nH]c2)cc2ccccc21. The van der Waals surface area contributed by atoms with Gasteiger partial charge in [-0.2, -0.15) is 5.10 Å². The summed E-state index contributed by atoms with van der Waals surface area (Å²) in [5, 5.41) is 8.18. The summed E-state index contributed by atoms with van der Waals surface area (Å²) in [6.45, 7) is 4.41. The number of rotatable bonds is 2. The van der Waals surface area contributed by atoms with Crippen LogP contribution in [0.4, 0.5) is 0 Å². The van der Waals surface area contributed by atoms with E-state index in [0.29, 0.717) is 6.04 Å². The largest absolute Gasteiger partial charge is 0.338 e. The van der Waals surface area contributed by atoms with Gasteiger partial charge in [0.05, 0.1) is 11.9 Å². The van der Waals surface area contributed by atoms with Gasteiger partial charge in [-0.05, 0) is 26.0 Å². The molecule has 2 heterocycles. The zero-order chi connectivity index (χ0) is 11.8. The highest BCUT2D eigenvalue weighted by Crippen LogP contribution is 2.30. The van der Waals surface area contributed by atoms with Gasteiger partial charge in [0.1, 0.15) is 0 Å². The van der Waals surface area contributed by atoms with Crippen molar-refractivity contribution < 1.29 is 0 Å². The van der Waals surface area contributed by atoms with Crippen molar-refractivity contribution in [3.8, 4) is 11.3 Å². The number of H-pyrrole nitrogens is 1. The number of hydrogen-bond acceptors (Lipinski definition) is 1. The van der Waals surface area contributed by atoms with E-state index >= 15 is 0 Å². The second-order valence-electron chi connectivity index (χ2n) is 4.54. The van der Waals surface area contributed by atoms with E-state index in [2.05, 4.69) is 58.9 Å². The number of aromatic amines is 1. The molecule has 86 valence electrons. The maximum Gasteiger partial charge on any atom is 0.0580 e. The van der Waals surface area contributed by atoms with Gasteiger partial charge in [0.15, 0.2) is 0 Å². The van der Waals surface area contributed by atoms with Gasteiger partial charge in [0.25, 0.3) is 0 Å². The first-order chi connectivity index (χ1) is 8.27. The summed E-state index contributed by atoms with van der Waals surface area (Å²) < 4.78 is 2.35. The Balaban J connectivity index is 2.34. The van der Waals surface area contributed by atoms with Gasteiger partial charge in [-0.25, -0.2) is 0 Å². The zero-order valence-corrected chi connectivity index (χ0v) is 10.0. The smallest absolute Gasteiger partial charge is 0.0580 e. The molecule has 0 amide bonds. The molecule has 3 rings (SSSR count). The van der Waals surface area contributed by atoms with Crippen molar-refractivity contribution in [3.05, 3.63) is 42.7 Å². The Morgan fingerprint density at radius 2 is 2.06 bits per heavy atom. The molecule has 0 unspecified atom stereocenters. The maximum atomic E-state index is 4.03. The van der Waals surface area contributed by atoms with Gasteiger partial charge in [-0.15, -0.1) is 0 Å². The quantitative estimate of drug-likeness (QED) is 0.710. The molecule has 0 saturated heterocycles. The summed E-state index contributed by atoms with van der Waals surface area (Å²) in [6.07, 6.45) is 3.81. The molecule has 0 fully saturated rings. The average molecular weight is 225 g/mol. The topological polar surface area (TPSA) is 33.6 Å². The third kappa shape index (κ3) is 1.55. The predicted octanol–water partition coefficient (Wildman–Crippen LogP) is 3.61. The normalized spacial score (nSPS) is 11.5. The molecule has 0 aliphatic heterocycles. The van der Waals surface area contributed by atoms with E-state index in [-0.39, 0.29) is 0 Å². The molecule has 0 aliphatic rings. The number of aromatic nitrogens is 3. The molecule has 1 N–H and O–H groups in total. The third-order valence-electron chi connectivity index (χ3n) is 3.06. The monoisotopic (exact) mass is 225 g/mol. The Morgan fingerprint density at radius 3 is 2.76 bits per heavy atom. The van der Waals surface area contributed by atoms with Crippen molar-refractivity contribution in [3.63, 3.8) is 0 Å². The molecule has 3 nitrogen and oxygen atoms in total. The molecule has 3 heteroatoms. The average Bonchev–Trinajstić information content (AvgIpc) is 2.95. The van der Waals surface area contributed by atoms with Gasteiger partial charge in [-0.1, -0.05) is 18.2 Å². The molecule has 3 aromatic rings. The molecule has 0 bridgehead atoms. The van der Waals surface area contributed by atoms with E-state index in [9.17, 15) is 0 Å². The van der Waals surface area contributed by atoms with E-state index in [1.165, 1.54) is 16.6 Å². The standard InChI is InChI=1S/C14H15N3/c1-10(2)17-13-6-4-3-5-11(13)7-14(17)12-8-15-16-9-12/h3-10H,1-2H3,(H,15,16).